The molecule has 1 unspecified atom stereocenters. The van der Waals surface area contributed by atoms with Gasteiger partial charge >= 0.3 is 0 Å². The second kappa shape index (κ2) is 6.40. The SMILES string of the molecule is COCC(C)NC(=S)N1CCS(=O)CC1. The zero-order chi connectivity index (χ0) is 11.3. The summed E-state index contributed by atoms with van der Waals surface area (Å²) in [5.74, 6) is 1.45. The van der Waals surface area contributed by atoms with Crippen LogP contribution >= 0.6 is 12.2 Å². The van der Waals surface area contributed by atoms with E-state index in [1.807, 2.05) is 6.92 Å². The van der Waals surface area contributed by atoms with Crippen molar-refractivity contribution in [3.05, 3.63) is 0 Å². The lowest BCUT2D eigenvalue weighted by Gasteiger charge is -2.30. The minimum absolute atomic E-state index is 0.218. The van der Waals surface area contributed by atoms with E-state index in [1.54, 1.807) is 7.11 Å². The molecule has 0 amide bonds. The number of nitrogens with one attached hydrogen (secondary N) is 1. The molecule has 0 aromatic rings. The van der Waals surface area contributed by atoms with Crippen molar-refractivity contribution in [1.82, 2.24) is 10.2 Å². The highest BCUT2D eigenvalue weighted by molar-refractivity contribution is 7.85. The van der Waals surface area contributed by atoms with Crippen LogP contribution in [0.15, 0.2) is 0 Å². The van der Waals surface area contributed by atoms with E-state index >= 15 is 0 Å². The molecular weight excluding hydrogens is 232 g/mol. The lowest BCUT2D eigenvalue weighted by atomic mass is 10.4. The maximum absolute atomic E-state index is 11.2. The average molecular weight is 250 g/mol. The number of methoxy groups -OCH3 is 1. The molecule has 1 saturated heterocycles. The van der Waals surface area contributed by atoms with Crippen molar-refractivity contribution in [2.75, 3.05) is 38.3 Å². The van der Waals surface area contributed by atoms with E-state index < -0.39 is 10.8 Å². The topological polar surface area (TPSA) is 41.6 Å². The van der Waals surface area contributed by atoms with Gasteiger partial charge in [0.05, 0.1) is 6.61 Å². The van der Waals surface area contributed by atoms with Gasteiger partial charge in [-0.2, -0.15) is 0 Å². The molecule has 88 valence electrons. The Morgan fingerprint density at radius 1 is 1.60 bits per heavy atom. The summed E-state index contributed by atoms with van der Waals surface area (Å²) < 4.78 is 16.2. The first-order chi connectivity index (χ1) is 7.13. The molecule has 0 saturated carbocycles. The molecule has 1 N–H and O–H groups in total. The first-order valence-electron chi connectivity index (χ1n) is 5.03. The molecule has 1 heterocycles. The van der Waals surface area contributed by atoms with Crippen molar-refractivity contribution in [1.29, 1.82) is 0 Å². The Bertz CT molecular complexity index is 238. The molecule has 4 nitrogen and oxygen atoms in total. The summed E-state index contributed by atoms with van der Waals surface area (Å²) in [5, 5.41) is 3.95. The van der Waals surface area contributed by atoms with Gasteiger partial charge in [0.2, 0.25) is 0 Å². The van der Waals surface area contributed by atoms with E-state index in [9.17, 15) is 4.21 Å². The van der Waals surface area contributed by atoms with Gasteiger partial charge in [0.15, 0.2) is 5.11 Å². The van der Waals surface area contributed by atoms with Crippen LogP contribution in [0, 0.1) is 0 Å². The van der Waals surface area contributed by atoms with Crippen LogP contribution in [0.5, 0.6) is 0 Å². The molecule has 6 heteroatoms. The maximum Gasteiger partial charge on any atom is 0.169 e. The van der Waals surface area contributed by atoms with Gasteiger partial charge in [-0.1, -0.05) is 0 Å². The molecule has 0 aromatic carbocycles. The van der Waals surface area contributed by atoms with Crippen molar-refractivity contribution < 1.29 is 8.95 Å². The van der Waals surface area contributed by atoms with Gasteiger partial charge < -0.3 is 15.0 Å². The largest absolute Gasteiger partial charge is 0.383 e. The third-order valence-corrected chi connectivity index (χ3v) is 3.90. The summed E-state index contributed by atoms with van der Waals surface area (Å²) in [5.41, 5.74) is 0. The third kappa shape index (κ3) is 4.44. The Morgan fingerprint density at radius 3 is 2.73 bits per heavy atom. The molecular formula is C9H18N2O2S2. The number of ether oxygens (including phenoxy) is 1. The predicted octanol–water partition coefficient (Wildman–Crippen LogP) is -0.0399. The number of hydrogen-bond acceptors (Lipinski definition) is 3. The standard InChI is InChI=1S/C9H18N2O2S2/c1-8(7-13-2)10-9(14)11-3-5-15(12)6-4-11/h8H,3-7H2,1-2H3,(H,10,14). The van der Waals surface area contributed by atoms with Crippen LogP contribution in [-0.2, 0) is 15.5 Å². The fourth-order valence-electron chi connectivity index (χ4n) is 1.43. The molecule has 0 aliphatic carbocycles. The van der Waals surface area contributed by atoms with Crippen molar-refractivity contribution in [2.45, 2.75) is 13.0 Å². The van der Waals surface area contributed by atoms with Crippen molar-refractivity contribution in [2.24, 2.45) is 0 Å². The van der Waals surface area contributed by atoms with Gasteiger partial charge in [0, 0.05) is 48.5 Å². The zero-order valence-corrected chi connectivity index (χ0v) is 10.8. The molecule has 1 rings (SSSR count). The van der Waals surface area contributed by atoms with Crippen molar-refractivity contribution >= 4 is 28.1 Å². The Morgan fingerprint density at radius 2 is 2.20 bits per heavy atom. The van der Waals surface area contributed by atoms with Crippen LogP contribution in [0.3, 0.4) is 0 Å². The maximum atomic E-state index is 11.2. The summed E-state index contributed by atoms with van der Waals surface area (Å²) in [6.07, 6.45) is 0. The van der Waals surface area contributed by atoms with Gasteiger partial charge in [-0.25, -0.2) is 0 Å². The lowest BCUT2D eigenvalue weighted by molar-refractivity contribution is 0.178. The van der Waals surface area contributed by atoms with Crippen LogP contribution in [0.4, 0.5) is 0 Å². The quantitative estimate of drug-likeness (QED) is 0.712. The Hall–Kier alpha value is -0.200. The van der Waals surface area contributed by atoms with E-state index in [-0.39, 0.29) is 6.04 Å². The minimum Gasteiger partial charge on any atom is -0.383 e. The molecule has 0 bridgehead atoms. The normalized spacial score (nSPS) is 20.0. The first kappa shape index (κ1) is 12.9. The highest BCUT2D eigenvalue weighted by Crippen LogP contribution is 2.01. The highest BCUT2D eigenvalue weighted by atomic mass is 32.2. The van der Waals surface area contributed by atoms with Crippen LogP contribution in [-0.4, -0.2) is 58.6 Å². The number of rotatable bonds is 3. The van der Waals surface area contributed by atoms with E-state index in [0.29, 0.717) is 6.61 Å². The van der Waals surface area contributed by atoms with Gasteiger partial charge in [-0.15, -0.1) is 0 Å². The first-order valence-corrected chi connectivity index (χ1v) is 6.92. The average Bonchev–Trinajstić information content (AvgIpc) is 2.18. The van der Waals surface area contributed by atoms with Crippen LogP contribution in [0.25, 0.3) is 0 Å². The van der Waals surface area contributed by atoms with E-state index in [2.05, 4.69) is 10.2 Å². The molecule has 0 spiro atoms. The fourth-order valence-corrected chi connectivity index (χ4v) is 2.87. The lowest BCUT2D eigenvalue weighted by Crippen LogP contribution is -2.49. The van der Waals surface area contributed by atoms with E-state index in [4.69, 9.17) is 17.0 Å². The zero-order valence-electron chi connectivity index (χ0n) is 9.19. The monoisotopic (exact) mass is 250 g/mol. The number of hydrogen-bond donors (Lipinski definition) is 1. The summed E-state index contributed by atoms with van der Waals surface area (Å²) in [4.78, 5) is 2.07. The summed E-state index contributed by atoms with van der Waals surface area (Å²) in [7, 11) is 1.02. The van der Waals surface area contributed by atoms with Crippen LogP contribution < -0.4 is 5.32 Å². The Labute approximate surface area is 98.8 Å². The highest BCUT2D eigenvalue weighted by Gasteiger charge is 2.18. The smallest absolute Gasteiger partial charge is 0.169 e. The van der Waals surface area contributed by atoms with Crippen molar-refractivity contribution in [3.63, 3.8) is 0 Å². The summed E-state index contributed by atoms with van der Waals surface area (Å²) in [6, 6.07) is 0.218. The molecule has 0 aromatic heterocycles. The van der Waals surface area contributed by atoms with Gasteiger partial charge in [0.1, 0.15) is 0 Å². The number of thiocarbonyl (C=S) groups is 1. The molecule has 1 aliphatic heterocycles. The van der Waals surface area contributed by atoms with Gasteiger partial charge in [0.25, 0.3) is 0 Å². The second-order valence-electron chi connectivity index (χ2n) is 3.64. The molecule has 1 atom stereocenters. The van der Waals surface area contributed by atoms with Crippen LogP contribution in [0.2, 0.25) is 0 Å². The van der Waals surface area contributed by atoms with Gasteiger partial charge in [-0.3, -0.25) is 4.21 Å². The third-order valence-electron chi connectivity index (χ3n) is 2.25. The molecule has 1 fully saturated rings. The molecule has 0 radical (unpaired) electrons. The fraction of sp³-hybridized carbons (Fsp3) is 0.889. The summed E-state index contributed by atoms with van der Waals surface area (Å²) >= 11 is 5.26. The summed E-state index contributed by atoms with van der Waals surface area (Å²) in [6.45, 7) is 4.24. The predicted molar refractivity (Wildman–Crippen MR) is 66.5 cm³/mol. The van der Waals surface area contributed by atoms with Gasteiger partial charge in [-0.05, 0) is 19.1 Å². The minimum atomic E-state index is -0.647. The van der Waals surface area contributed by atoms with Crippen LogP contribution in [0.1, 0.15) is 6.92 Å². The Kier molecular flexibility index (Phi) is 5.49. The van der Waals surface area contributed by atoms with E-state index in [1.165, 1.54) is 0 Å². The van der Waals surface area contributed by atoms with Crippen molar-refractivity contribution in [3.8, 4) is 0 Å². The molecule has 1 aliphatic rings. The second-order valence-corrected chi connectivity index (χ2v) is 5.72. The molecule has 15 heavy (non-hydrogen) atoms. The number of nitrogens with zero attached hydrogens (tertiary/aromatic N) is 1. The van der Waals surface area contributed by atoms with E-state index in [0.717, 1.165) is 29.7 Å². The Balaban J connectivity index is 2.30.